The molecule has 0 bridgehead atoms. The molecule has 0 saturated carbocycles. The molecule has 9 heteroatoms. The summed E-state index contributed by atoms with van der Waals surface area (Å²) in [5, 5.41) is 3.99. The van der Waals surface area contributed by atoms with Crippen molar-refractivity contribution in [3.05, 3.63) is 38.7 Å². The zero-order chi connectivity index (χ0) is 21.1. The maximum Gasteiger partial charge on any atom is 0.339 e. The molecule has 4 rings (SSSR count). The van der Waals surface area contributed by atoms with Gasteiger partial charge in [-0.15, -0.1) is 0 Å². The fourth-order valence-corrected chi connectivity index (χ4v) is 4.06. The first-order chi connectivity index (χ1) is 14.5. The van der Waals surface area contributed by atoms with Crippen LogP contribution in [0.4, 0.5) is 10.5 Å². The number of morpholine rings is 2. The highest BCUT2D eigenvalue weighted by Gasteiger charge is 2.20. The van der Waals surface area contributed by atoms with E-state index in [4.69, 9.17) is 25.5 Å². The number of aryl methyl sites for hydroxylation is 1. The van der Waals surface area contributed by atoms with Crippen LogP contribution in [0.1, 0.15) is 11.1 Å². The highest BCUT2D eigenvalue weighted by molar-refractivity contribution is 6.34. The van der Waals surface area contributed by atoms with E-state index < -0.39 is 0 Å². The minimum absolute atomic E-state index is 0.249. The summed E-state index contributed by atoms with van der Waals surface area (Å²) in [5.41, 5.74) is 2.01. The predicted octanol–water partition coefficient (Wildman–Crippen LogP) is 2.49. The average Bonchev–Trinajstić information content (AvgIpc) is 2.76. The Labute approximate surface area is 179 Å². The Bertz CT molecular complexity index is 981. The van der Waals surface area contributed by atoms with Crippen LogP contribution in [-0.2, 0) is 15.9 Å². The first kappa shape index (κ1) is 21.1. The van der Waals surface area contributed by atoms with Gasteiger partial charge in [0.2, 0.25) is 0 Å². The van der Waals surface area contributed by atoms with Crippen molar-refractivity contribution in [1.29, 1.82) is 0 Å². The second kappa shape index (κ2) is 9.34. The molecule has 2 aromatic rings. The number of halogens is 1. The molecular formula is C21H26ClN3O5. The van der Waals surface area contributed by atoms with Gasteiger partial charge in [-0.3, -0.25) is 4.90 Å². The van der Waals surface area contributed by atoms with Crippen molar-refractivity contribution >= 4 is 34.3 Å². The monoisotopic (exact) mass is 435 g/mol. The van der Waals surface area contributed by atoms with Crippen LogP contribution >= 0.6 is 11.6 Å². The number of rotatable bonds is 4. The molecule has 0 radical (unpaired) electrons. The zero-order valence-electron chi connectivity index (χ0n) is 17.0. The summed E-state index contributed by atoms with van der Waals surface area (Å²) in [6.45, 7) is 7.96. The topological polar surface area (TPSA) is 84.2 Å². The Morgan fingerprint density at radius 1 is 1.10 bits per heavy atom. The molecule has 0 aliphatic carbocycles. The van der Waals surface area contributed by atoms with Gasteiger partial charge in [-0.1, -0.05) is 11.6 Å². The number of nitrogens with zero attached hydrogens (tertiary/aromatic N) is 2. The number of benzene rings is 1. The lowest BCUT2D eigenvalue weighted by Gasteiger charge is -2.27. The maximum atomic E-state index is 12.6. The first-order valence-electron chi connectivity index (χ1n) is 10.2. The number of nitrogens with one attached hydrogen (secondary N) is 1. The van der Waals surface area contributed by atoms with E-state index in [1.54, 1.807) is 17.0 Å². The van der Waals surface area contributed by atoms with Crippen molar-refractivity contribution in [3.63, 3.8) is 0 Å². The number of hydrogen-bond acceptors (Lipinski definition) is 6. The van der Waals surface area contributed by atoms with Gasteiger partial charge < -0.3 is 24.1 Å². The first-order valence-corrected chi connectivity index (χ1v) is 10.6. The fraction of sp³-hybridized carbons (Fsp3) is 0.524. The second-order valence-corrected chi connectivity index (χ2v) is 7.96. The number of fused-ring (bicyclic) bond motifs is 1. The van der Waals surface area contributed by atoms with Crippen LogP contribution in [0.5, 0.6) is 0 Å². The van der Waals surface area contributed by atoms with E-state index in [0.29, 0.717) is 54.6 Å². The van der Waals surface area contributed by atoms with Crippen LogP contribution in [-0.4, -0.2) is 75.0 Å². The molecule has 0 spiro atoms. The van der Waals surface area contributed by atoms with Crippen LogP contribution in [0.25, 0.3) is 11.0 Å². The van der Waals surface area contributed by atoms with Gasteiger partial charge in [0, 0.05) is 49.7 Å². The lowest BCUT2D eigenvalue weighted by atomic mass is 10.0. The normalized spacial score (nSPS) is 18.0. The molecule has 0 unspecified atom stereocenters. The molecule has 2 saturated heterocycles. The highest BCUT2D eigenvalue weighted by Crippen LogP contribution is 2.30. The molecule has 2 fully saturated rings. The lowest BCUT2D eigenvalue weighted by molar-refractivity contribution is 0.0383. The van der Waals surface area contributed by atoms with E-state index in [1.807, 2.05) is 6.92 Å². The van der Waals surface area contributed by atoms with E-state index in [9.17, 15) is 9.59 Å². The summed E-state index contributed by atoms with van der Waals surface area (Å²) in [6.07, 6.45) is 0.608. The van der Waals surface area contributed by atoms with Crippen molar-refractivity contribution in [1.82, 2.24) is 9.80 Å². The summed E-state index contributed by atoms with van der Waals surface area (Å²) in [7, 11) is 0. The molecule has 2 aliphatic rings. The molecule has 2 aliphatic heterocycles. The number of amides is 2. The number of ether oxygens (including phenoxy) is 2. The Morgan fingerprint density at radius 2 is 1.77 bits per heavy atom. The Balaban J connectivity index is 1.55. The summed E-state index contributed by atoms with van der Waals surface area (Å²) in [4.78, 5) is 29.1. The molecule has 8 nitrogen and oxygen atoms in total. The highest BCUT2D eigenvalue weighted by atomic mass is 35.5. The van der Waals surface area contributed by atoms with E-state index in [0.717, 1.165) is 43.8 Å². The number of urea groups is 1. The van der Waals surface area contributed by atoms with Gasteiger partial charge in [-0.05, 0) is 25.0 Å². The molecule has 0 atom stereocenters. The fourth-order valence-electron chi connectivity index (χ4n) is 3.85. The Kier molecular flexibility index (Phi) is 6.58. The number of hydrogen-bond donors (Lipinski definition) is 1. The van der Waals surface area contributed by atoms with Crippen LogP contribution in [0.15, 0.2) is 21.3 Å². The van der Waals surface area contributed by atoms with Crippen molar-refractivity contribution in [2.75, 3.05) is 64.5 Å². The average molecular weight is 436 g/mol. The summed E-state index contributed by atoms with van der Waals surface area (Å²) < 4.78 is 16.2. The standard InChI is InChI=1S/C21H26ClN3O5/c1-14-15(2-3-24-4-8-28-9-5-24)20(26)30-19-13-18(17(22)12-16(14)19)23-21(27)25-6-10-29-11-7-25/h12-13H,2-11H2,1H3,(H,23,27). The Morgan fingerprint density at radius 3 is 2.47 bits per heavy atom. The van der Waals surface area contributed by atoms with Gasteiger partial charge in [0.05, 0.1) is 37.1 Å². The third-order valence-electron chi connectivity index (χ3n) is 5.70. The van der Waals surface area contributed by atoms with Gasteiger partial charge >= 0.3 is 11.7 Å². The van der Waals surface area contributed by atoms with Gasteiger partial charge in [-0.25, -0.2) is 9.59 Å². The second-order valence-electron chi connectivity index (χ2n) is 7.55. The maximum absolute atomic E-state index is 12.6. The van der Waals surface area contributed by atoms with E-state index in [-0.39, 0.29) is 11.7 Å². The van der Waals surface area contributed by atoms with Crippen LogP contribution < -0.4 is 10.9 Å². The minimum Gasteiger partial charge on any atom is -0.422 e. The van der Waals surface area contributed by atoms with Gasteiger partial charge in [0.1, 0.15) is 5.58 Å². The quantitative estimate of drug-likeness (QED) is 0.743. The predicted molar refractivity (Wildman–Crippen MR) is 115 cm³/mol. The molecular weight excluding hydrogens is 410 g/mol. The molecule has 30 heavy (non-hydrogen) atoms. The summed E-state index contributed by atoms with van der Waals surface area (Å²) >= 11 is 6.45. The smallest absolute Gasteiger partial charge is 0.339 e. The largest absolute Gasteiger partial charge is 0.422 e. The van der Waals surface area contributed by atoms with Crippen LogP contribution in [0.3, 0.4) is 0 Å². The number of carbonyl (C=O) groups is 1. The molecule has 1 aromatic heterocycles. The van der Waals surface area contributed by atoms with E-state index in [2.05, 4.69) is 10.2 Å². The van der Waals surface area contributed by atoms with E-state index >= 15 is 0 Å². The van der Waals surface area contributed by atoms with Gasteiger partial charge in [-0.2, -0.15) is 0 Å². The van der Waals surface area contributed by atoms with Crippen LogP contribution in [0, 0.1) is 6.92 Å². The summed E-state index contributed by atoms with van der Waals surface area (Å²) in [5.74, 6) is 0. The molecule has 3 heterocycles. The van der Waals surface area contributed by atoms with Gasteiger partial charge in [0.15, 0.2) is 0 Å². The molecule has 2 amide bonds. The molecule has 1 aromatic carbocycles. The van der Waals surface area contributed by atoms with Crippen molar-refractivity contribution < 1.29 is 18.7 Å². The lowest BCUT2D eigenvalue weighted by Crippen LogP contribution is -2.43. The molecule has 1 N–H and O–H groups in total. The Hall–Kier alpha value is -2.13. The third kappa shape index (κ3) is 4.62. The van der Waals surface area contributed by atoms with Crippen molar-refractivity contribution in [2.24, 2.45) is 0 Å². The molecule has 162 valence electrons. The van der Waals surface area contributed by atoms with Crippen LogP contribution in [0.2, 0.25) is 5.02 Å². The van der Waals surface area contributed by atoms with Crippen molar-refractivity contribution in [2.45, 2.75) is 13.3 Å². The van der Waals surface area contributed by atoms with Crippen molar-refractivity contribution in [3.8, 4) is 0 Å². The van der Waals surface area contributed by atoms with Gasteiger partial charge in [0.25, 0.3) is 0 Å². The third-order valence-corrected chi connectivity index (χ3v) is 6.01. The number of carbonyl (C=O) groups excluding carboxylic acids is 1. The summed E-state index contributed by atoms with van der Waals surface area (Å²) in [6, 6.07) is 3.12. The number of anilines is 1. The van der Waals surface area contributed by atoms with E-state index in [1.165, 1.54) is 0 Å². The zero-order valence-corrected chi connectivity index (χ0v) is 17.8. The minimum atomic E-state index is -0.346. The SMILES string of the molecule is Cc1c(CCN2CCOCC2)c(=O)oc2cc(NC(=O)N3CCOCC3)c(Cl)cc12.